The van der Waals surface area contributed by atoms with Crippen LogP contribution in [0.2, 0.25) is 0 Å². The van der Waals surface area contributed by atoms with Crippen molar-refractivity contribution in [2.24, 2.45) is 0 Å². The van der Waals surface area contributed by atoms with Crippen molar-refractivity contribution in [3.05, 3.63) is 53.1 Å². The van der Waals surface area contributed by atoms with Gasteiger partial charge < -0.3 is 9.80 Å². The van der Waals surface area contributed by atoms with Crippen molar-refractivity contribution in [1.82, 2.24) is 9.80 Å². The Kier molecular flexibility index (Phi) is 6.09. The summed E-state index contributed by atoms with van der Waals surface area (Å²) in [5, 5.41) is 0. The quantitative estimate of drug-likeness (QED) is 0.653. The van der Waals surface area contributed by atoms with E-state index in [1.54, 1.807) is 31.0 Å². The molecule has 9 heteroatoms. The molecule has 0 N–H and O–H groups in total. The lowest BCUT2D eigenvalue weighted by Gasteiger charge is -2.40. The van der Waals surface area contributed by atoms with E-state index in [1.807, 2.05) is 30.0 Å². The van der Waals surface area contributed by atoms with Gasteiger partial charge in [0.05, 0.1) is 16.6 Å². The molecule has 2 aromatic carbocycles. The number of amides is 2. The number of hydrogen-bond donors (Lipinski definition) is 0. The number of carbonyl (C=O) groups excluding carboxylic acids is 2. The predicted molar refractivity (Wildman–Crippen MR) is 135 cm³/mol. The van der Waals surface area contributed by atoms with E-state index >= 15 is 0 Å². The van der Waals surface area contributed by atoms with Gasteiger partial charge in [-0.3, -0.25) is 18.8 Å². The minimum Gasteiger partial charge on any atom is -0.340 e. The molecule has 1 fully saturated rings. The molecule has 35 heavy (non-hydrogen) atoms. The molecule has 0 radical (unpaired) electrons. The number of rotatable bonds is 3. The summed E-state index contributed by atoms with van der Waals surface area (Å²) >= 11 is 0. The van der Waals surface area contributed by atoms with Crippen LogP contribution in [-0.2, 0) is 26.0 Å². The number of anilines is 2. The summed E-state index contributed by atoms with van der Waals surface area (Å²) in [7, 11) is -2.20. The van der Waals surface area contributed by atoms with Gasteiger partial charge in [-0.1, -0.05) is 25.1 Å². The van der Waals surface area contributed by atoms with Crippen LogP contribution in [0.1, 0.15) is 49.4 Å². The van der Waals surface area contributed by atoms with Crippen molar-refractivity contribution >= 4 is 33.2 Å². The molecular weight excluding hydrogens is 464 g/mol. The zero-order valence-corrected chi connectivity index (χ0v) is 21.3. The fraction of sp³-hybridized carbons (Fsp3) is 0.462. The molecule has 0 aromatic heterocycles. The Labute approximate surface area is 207 Å². The van der Waals surface area contributed by atoms with E-state index in [2.05, 4.69) is 11.0 Å². The summed E-state index contributed by atoms with van der Waals surface area (Å²) in [4.78, 5) is 30.9. The lowest BCUT2D eigenvalue weighted by Crippen LogP contribution is -2.49. The first-order valence-corrected chi connectivity index (χ1v) is 13.7. The number of sulfonamides is 1. The Morgan fingerprint density at radius 2 is 1.69 bits per heavy atom. The molecule has 186 valence electrons. The Morgan fingerprint density at radius 3 is 2.37 bits per heavy atom. The van der Waals surface area contributed by atoms with Gasteiger partial charge in [-0.2, -0.15) is 0 Å². The van der Waals surface area contributed by atoms with Gasteiger partial charge in [-0.15, -0.1) is 0 Å². The molecule has 8 nitrogen and oxygen atoms in total. The van der Waals surface area contributed by atoms with Crippen molar-refractivity contribution < 1.29 is 18.0 Å². The highest BCUT2D eigenvalue weighted by molar-refractivity contribution is 7.92. The average Bonchev–Trinajstić information content (AvgIpc) is 3.25. The van der Waals surface area contributed by atoms with Crippen LogP contribution >= 0.6 is 0 Å². The van der Waals surface area contributed by atoms with Crippen molar-refractivity contribution in [2.75, 3.05) is 49.0 Å². The Morgan fingerprint density at radius 1 is 0.971 bits per heavy atom. The lowest BCUT2D eigenvalue weighted by molar-refractivity contribution is -0.133. The summed E-state index contributed by atoms with van der Waals surface area (Å²) in [5.41, 5.74) is 4.14. The second-order valence-corrected chi connectivity index (χ2v) is 11.5. The van der Waals surface area contributed by atoms with Crippen LogP contribution in [0.4, 0.5) is 11.4 Å². The molecule has 0 spiro atoms. The number of fused-ring (bicyclic) bond motifs is 3. The van der Waals surface area contributed by atoms with Gasteiger partial charge in [0.25, 0.3) is 10.0 Å². The third kappa shape index (κ3) is 3.90. The van der Waals surface area contributed by atoms with Gasteiger partial charge in [0.15, 0.2) is 0 Å². The van der Waals surface area contributed by atoms with Crippen LogP contribution in [0.3, 0.4) is 0 Å². The summed E-state index contributed by atoms with van der Waals surface area (Å²) in [6.07, 6.45) is 2.12. The van der Waals surface area contributed by atoms with Gasteiger partial charge >= 0.3 is 0 Å². The van der Waals surface area contributed by atoms with E-state index in [0.717, 1.165) is 35.2 Å². The predicted octanol–water partition coefficient (Wildman–Crippen LogP) is 2.77. The zero-order valence-electron chi connectivity index (χ0n) is 20.5. The Bertz CT molecular complexity index is 1280. The number of hydrogen-bond acceptors (Lipinski definition) is 5. The number of carbonyl (C=O) groups is 2. The molecule has 3 aliphatic heterocycles. The second-order valence-electron chi connectivity index (χ2n) is 9.54. The minimum atomic E-state index is -3.79. The number of piperazine rings is 1. The van der Waals surface area contributed by atoms with E-state index in [-0.39, 0.29) is 17.9 Å². The highest BCUT2D eigenvalue weighted by Crippen LogP contribution is 2.46. The van der Waals surface area contributed by atoms with Gasteiger partial charge in [0, 0.05) is 58.8 Å². The second kappa shape index (κ2) is 8.95. The monoisotopic (exact) mass is 496 g/mol. The van der Waals surface area contributed by atoms with E-state index in [0.29, 0.717) is 49.7 Å². The van der Waals surface area contributed by atoms with Gasteiger partial charge in [-0.05, 0) is 47.7 Å². The normalized spacial score (nSPS) is 21.2. The van der Waals surface area contributed by atoms with E-state index in [4.69, 9.17) is 0 Å². The summed E-state index contributed by atoms with van der Waals surface area (Å²) in [5.74, 6) is 0.133. The zero-order chi connectivity index (χ0) is 24.9. The standard InChI is InChI=1S/C26H32N4O4S/c1-4-7-25(32)28-12-14-29(15-13-28)26-20-8-5-6-9-24(20)35(33,34)27(3)23-17-22-19(16-21(23)26)10-11-30(22)18(2)31/h5-6,8-9,16-17,26H,4,7,10-15H2,1-3H3. The van der Waals surface area contributed by atoms with Gasteiger partial charge in [0.1, 0.15) is 0 Å². The lowest BCUT2D eigenvalue weighted by atomic mass is 9.92. The first kappa shape index (κ1) is 23.8. The van der Waals surface area contributed by atoms with Crippen molar-refractivity contribution in [3.8, 4) is 0 Å². The maximum Gasteiger partial charge on any atom is 0.264 e. The van der Waals surface area contributed by atoms with Crippen molar-refractivity contribution in [1.29, 1.82) is 0 Å². The molecule has 2 amide bonds. The molecular formula is C26H32N4O4S. The summed E-state index contributed by atoms with van der Waals surface area (Å²) in [6, 6.07) is 10.9. The molecule has 0 aliphatic carbocycles. The Hall–Kier alpha value is -2.91. The molecule has 3 aliphatic rings. The van der Waals surface area contributed by atoms with Crippen LogP contribution in [0.25, 0.3) is 0 Å². The third-order valence-electron chi connectivity index (χ3n) is 7.49. The molecule has 5 rings (SSSR count). The summed E-state index contributed by atoms with van der Waals surface area (Å²) < 4.78 is 28.8. The fourth-order valence-corrected chi connectivity index (χ4v) is 7.09. The Balaban J connectivity index is 1.63. The maximum atomic E-state index is 13.7. The highest BCUT2D eigenvalue weighted by atomic mass is 32.2. The van der Waals surface area contributed by atoms with Crippen LogP contribution in [-0.4, -0.2) is 69.8 Å². The fourth-order valence-electron chi connectivity index (χ4n) is 5.64. The SMILES string of the molecule is CCCC(=O)N1CCN(C2c3cc4c(cc3N(C)S(=O)(=O)c3ccccc32)N(C(C)=O)CC4)CC1. The molecule has 3 heterocycles. The van der Waals surface area contributed by atoms with Crippen LogP contribution in [0, 0.1) is 0 Å². The van der Waals surface area contributed by atoms with E-state index in [1.165, 1.54) is 4.31 Å². The first-order chi connectivity index (χ1) is 16.7. The molecule has 1 saturated heterocycles. The highest BCUT2D eigenvalue weighted by Gasteiger charge is 2.40. The van der Waals surface area contributed by atoms with Gasteiger partial charge in [-0.25, -0.2) is 8.42 Å². The van der Waals surface area contributed by atoms with Gasteiger partial charge in [0.2, 0.25) is 11.8 Å². The van der Waals surface area contributed by atoms with Crippen LogP contribution in [0.5, 0.6) is 0 Å². The average molecular weight is 497 g/mol. The molecule has 2 aromatic rings. The van der Waals surface area contributed by atoms with E-state index in [9.17, 15) is 18.0 Å². The number of benzene rings is 2. The summed E-state index contributed by atoms with van der Waals surface area (Å²) in [6.45, 7) is 6.72. The largest absolute Gasteiger partial charge is 0.340 e. The van der Waals surface area contributed by atoms with Crippen LogP contribution < -0.4 is 9.21 Å². The molecule has 1 unspecified atom stereocenters. The van der Waals surface area contributed by atoms with Crippen molar-refractivity contribution in [3.63, 3.8) is 0 Å². The maximum absolute atomic E-state index is 13.7. The molecule has 0 saturated carbocycles. The molecule has 0 bridgehead atoms. The minimum absolute atomic E-state index is 0.0458. The van der Waals surface area contributed by atoms with Crippen molar-refractivity contribution in [2.45, 2.75) is 44.0 Å². The first-order valence-electron chi connectivity index (χ1n) is 12.3. The van der Waals surface area contributed by atoms with E-state index < -0.39 is 10.0 Å². The number of nitrogens with zero attached hydrogens (tertiary/aromatic N) is 4. The smallest absolute Gasteiger partial charge is 0.264 e. The molecule has 1 atom stereocenters. The topological polar surface area (TPSA) is 81.2 Å². The van der Waals surface area contributed by atoms with Crippen LogP contribution in [0.15, 0.2) is 41.3 Å². The third-order valence-corrected chi connectivity index (χ3v) is 9.33.